The topological polar surface area (TPSA) is 52.6 Å². The van der Waals surface area contributed by atoms with Crippen LogP contribution in [0.1, 0.15) is 97.8 Å². The molecule has 0 aromatic heterocycles. The second-order valence-corrected chi connectivity index (χ2v) is 7.93. The maximum atomic E-state index is 11.9. The van der Waals surface area contributed by atoms with Crippen molar-refractivity contribution < 1.29 is 19.1 Å². The van der Waals surface area contributed by atoms with Gasteiger partial charge in [-0.2, -0.15) is 0 Å². The summed E-state index contributed by atoms with van der Waals surface area (Å²) in [7, 11) is 0. The quantitative estimate of drug-likeness (QED) is 0.187. The van der Waals surface area contributed by atoms with E-state index in [-0.39, 0.29) is 11.9 Å². The van der Waals surface area contributed by atoms with Crippen LogP contribution in [0.3, 0.4) is 0 Å². The van der Waals surface area contributed by atoms with E-state index in [0.29, 0.717) is 24.3 Å². The molecule has 0 aliphatic rings. The summed E-state index contributed by atoms with van der Waals surface area (Å²) in [6.45, 7) is 6.64. The van der Waals surface area contributed by atoms with Crippen LogP contribution in [0.2, 0.25) is 0 Å². The van der Waals surface area contributed by atoms with Crippen LogP contribution in [-0.2, 0) is 9.59 Å². The summed E-state index contributed by atoms with van der Waals surface area (Å²) < 4.78 is 10.7. The Balaban J connectivity index is 2.19. The van der Waals surface area contributed by atoms with Gasteiger partial charge in [-0.15, -0.1) is 0 Å². The minimum absolute atomic E-state index is 0.208. The van der Waals surface area contributed by atoms with Gasteiger partial charge in [0.05, 0.1) is 0 Å². The third-order valence-electron chi connectivity index (χ3n) is 4.68. The fourth-order valence-electron chi connectivity index (χ4n) is 2.99. The fourth-order valence-corrected chi connectivity index (χ4v) is 2.99. The monoisotopic (exact) mass is 390 g/mol. The Morgan fingerprint density at radius 2 is 1.14 bits per heavy atom. The Morgan fingerprint density at radius 3 is 1.57 bits per heavy atom. The highest BCUT2D eigenvalue weighted by Gasteiger charge is 2.07. The molecule has 0 aliphatic carbocycles. The normalized spacial score (nSPS) is 10.9. The lowest BCUT2D eigenvalue weighted by Crippen LogP contribution is -2.09. The molecule has 158 valence electrons. The smallest absolute Gasteiger partial charge is 0.311 e. The van der Waals surface area contributed by atoms with Gasteiger partial charge in [0.2, 0.25) is 0 Å². The maximum absolute atomic E-state index is 11.9. The van der Waals surface area contributed by atoms with E-state index in [1.807, 2.05) is 0 Å². The first-order valence-corrected chi connectivity index (χ1v) is 11.0. The van der Waals surface area contributed by atoms with Crippen molar-refractivity contribution in [3.8, 4) is 11.5 Å². The molecule has 0 aliphatic heterocycles. The molecular formula is C24H38O4. The summed E-state index contributed by atoms with van der Waals surface area (Å²) in [5, 5.41) is 0. The number of carbonyl (C=O) groups is 2. The molecule has 1 aromatic rings. The minimum atomic E-state index is -0.210. The molecule has 1 rings (SSSR count). The van der Waals surface area contributed by atoms with Gasteiger partial charge in [0.15, 0.2) is 0 Å². The lowest BCUT2D eigenvalue weighted by atomic mass is 10.0. The van der Waals surface area contributed by atoms with E-state index in [2.05, 4.69) is 20.8 Å². The van der Waals surface area contributed by atoms with Gasteiger partial charge in [0.1, 0.15) is 11.5 Å². The maximum Gasteiger partial charge on any atom is 0.311 e. The zero-order valence-corrected chi connectivity index (χ0v) is 18.0. The minimum Gasteiger partial charge on any atom is -0.427 e. The van der Waals surface area contributed by atoms with Crippen LogP contribution in [0, 0.1) is 5.92 Å². The number of unbranched alkanes of at least 4 members (excludes halogenated alkanes) is 7. The van der Waals surface area contributed by atoms with Crippen LogP contribution in [-0.4, -0.2) is 11.9 Å². The average Bonchev–Trinajstić information content (AvgIpc) is 2.66. The average molecular weight is 391 g/mol. The Hall–Kier alpha value is -1.84. The molecule has 0 bridgehead atoms. The number of esters is 2. The second kappa shape index (κ2) is 15.1. The number of hydrogen-bond donors (Lipinski definition) is 0. The lowest BCUT2D eigenvalue weighted by molar-refractivity contribution is -0.135. The molecule has 0 amide bonds. The Labute approximate surface area is 171 Å². The third-order valence-corrected chi connectivity index (χ3v) is 4.68. The molecule has 0 saturated carbocycles. The van der Waals surface area contributed by atoms with Crippen LogP contribution in [0.25, 0.3) is 0 Å². The number of hydrogen-bond acceptors (Lipinski definition) is 4. The molecule has 0 spiro atoms. The highest BCUT2D eigenvalue weighted by atomic mass is 16.5. The fraction of sp³-hybridized carbons (Fsp3) is 0.667. The number of carbonyl (C=O) groups excluding carboxylic acids is 2. The predicted molar refractivity (Wildman–Crippen MR) is 114 cm³/mol. The molecule has 0 saturated heterocycles. The zero-order valence-electron chi connectivity index (χ0n) is 18.0. The van der Waals surface area contributed by atoms with Crippen LogP contribution in [0.4, 0.5) is 0 Å². The van der Waals surface area contributed by atoms with E-state index in [4.69, 9.17) is 9.47 Å². The van der Waals surface area contributed by atoms with Gasteiger partial charge in [0, 0.05) is 12.8 Å². The molecule has 1 aromatic carbocycles. The van der Waals surface area contributed by atoms with E-state index in [1.165, 1.54) is 38.5 Å². The largest absolute Gasteiger partial charge is 0.427 e. The summed E-state index contributed by atoms with van der Waals surface area (Å²) in [6, 6.07) is 6.68. The van der Waals surface area contributed by atoms with E-state index in [0.717, 1.165) is 31.6 Å². The summed E-state index contributed by atoms with van der Waals surface area (Å²) >= 11 is 0. The van der Waals surface area contributed by atoms with Crippen LogP contribution >= 0.6 is 0 Å². The molecule has 4 heteroatoms. The van der Waals surface area contributed by atoms with Gasteiger partial charge in [-0.25, -0.2) is 0 Å². The molecule has 4 nitrogen and oxygen atoms in total. The van der Waals surface area contributed by atoms with Crippen molar-refractivity contribution in [1.82, 2.24) is 0 Å². The highest BCUT2D eigenvalue weighted by Crippen LogP contribution is 2.19. The Kier molecular flexibility index (Phi) is 13.1. The van der Waals surface area contributed by atoms with Gasteiger partial charge in [0.25, 0.3) is 0 Å². The molecule has 0 N–H and O–H groups in total. The highest BCUT2D eigenvalue weighted by molar-refractivity contribution is 5.73. The van der Waals surface area contributed by atoms with Gasteiger partial charge < -0.3 is 9.47 Å². The lowest BCUT2D eigenvalue weighted by Gasteiger charge is -2.07. The molecular weight excluding hydrogens is 352 g/mol. The molecule has 0 radical (unpaired) electrons. The van der Waals surface area contributed by atoms with E-state index in [9.17, 15) is 9.59 Å². The molecule has 0 unspecified atom stereocenters. The molecule has 0 atom stereocenters. The number of ether oxygens (including phenoxy) is 2. The number of rotatable bonds is 15. The second-order valence-electron chi connectivity index (χ2n) is 7.93. The Bertz CT molecular complexity index is 548. The van der Waals surface area contributed by atoms with Crippen molar-refractivity contribution in [2.24, 2.45) is 5.92 Å². The summed E-state index contributed by atoms with van der Waals surface area (Å²) in [6.07, 6.45) is 12.0. The van der Waals surface area contributed by atoms with Crippen LogP contribution in [0.15, 0.2) is 24.3 Å². The van der Waals surface area contributed by atoms with Crippen molar-refractivity contribution >= 4 is 11.9 Å². The van der Waals surface area contributed by atoms with Crippen molar-refractivity contribution in [2.75, 3.05) is 0 Å². The summed E-state index contributed by atoms with van der Waals surface area (Å²) in [5.74, 6) is 1.31. The summed E-state index contributed by atoms with van der Waals surface area (Å²) in [4.78, 5) is 23.7. The number of benzene rings is 1. The van der Waals surface area contributed by atoms with Gasteiger partial charge >= 0.3 is 11.9 Å². The van der Waals surface area contributed by atoms with Crippen molar-refractivity contribution in [3.63, 3.8) is 0 Å². The van der Waals surface area contributed by atoms with Gasteiger partial charge in [-0.3, -0.25) is 9.59 Å². The van der Waals surface area contributed by atoms with Crippen LogP contribution < -0.4 is 9.47 Å². The third kappa shape index (κ3) is 12.5. The van der Waals surface area contributed by atoms with Crippen molar-refractivity contribution in [1.29, 1.82) is 0 Å². The Morgan fingerprint density at radius 1 is 0.714 bits per heavy atom. The molecule has 28 heavy (non-hydrogen) atoms. The summed E-state index contributed by atoms with van der Waals surface area (Å²) in [5.41, 5.74) is 0. The standard InChI is InChI=1S/C24H38O4/c1-4-5-6-7-11-14-23(25)27-21-16-18-22(19-17-21)28-24(26)15-12-9-8-10-13-20(2)3/h16-20H,4-15H2,1-3H3. The first-order chi connectivity index (χ1) is 13.5. The predicted octanol–water partition coefficient (Wildman–Crippen LogP) is 6.85. The van der Waals surface area contributed by atoms with E-state index >= 15 is 0 Å². The van der Waals surface area contributed by atoms with E-state index in [1.54, 1.807) is 24.3 Å². The van der Waals surface area contributed by atoms with Crippen molar-refractivity contribution in [3.05, 3.63) is 24.3 Å². The van der Waals surface area contributed by atoms with E-state index < -0.39 is 0 Å². The first-order valence-electron chi connectivity index (χ1n) is 11.0. The molecule has 0 heterocycles. The van der Waals surface area contributed by atoms with Gasteiger partial charge in [-0.1, -0.05) is 72.1 Å². The zero-order chi connectivity index (χ0) is 20.6. The first kappa shape index (κ1) is 24.2. The van der Waals surface area contributed by atoms with Crippen LogP contribution in [0.5, 0.6) is 11.5 Å². The SMILES string of the molecule is CCCCCCCC(=O)Oc1ccc(OC(=O)CCCCCCC(C)C)cc1. The van der Waals surface area contributed by atoms with Crippen molar-refractivity contribution in [2.45, 2.75) is 97.8 Å². The van der Waals surface area contributed by atoms with Gasteiger partial charge in [-0.05, 0) is 43.0 Å². The molecule has 0 fully saturated rings.